The number of fused-ring (bicyclic) bond motifs is 1. The number of para-hydroxylation sites is 2. The number of carbonyl (C=O) groups is 1. The molecule has 0 atom stereocenters. The number of imidazole rings is 1. The van der Waals surface area contributed by atoms with Gasteiger partial charge in [-0.3, -0.25) is 9.36 Å². The molecule has 106 valence electrons. The van der Waals surface area contributed by atoms with Crippen LogP contribution >= 0.6 is 0 Å². The largest absolute Gasteiger partial charge is 0.459 e. The fourth-order valence-corrected chi connectivity index (χ4v) is 2.18. The number of aromatic amines is 1. The molecule has 0 bridgehead atoms. The van der Waals surface area contributed by atoms with E-state index in [0.29, 0.717) is 11.0 Å². The second kappa shape index (κ2) is 5.66. The third-order valence-corrected chi connectivity index (χ3v) is 3.21. The number of hydrogen-bond acceptors (Lipinski definition) is 3. The molecule has 0 aliphatic heterocycles. The van der Waals surface area contributed by atoms with Crippen LogP contribution in [0.4, 0.5) is 0 Å². The van der Waals surface area contributed by atoms with Gasteiger partial charge in [-0.15, -0.1) is 0 Å². The van der Waals surface area contributed by atoms with Crippen LogP contribution in [-0.4, -0.2) is 15.5 Å². The number of ether oxygens (including phenoxy) is 1. The zero-order valence-electron chi connectivity index (χ0n) is 11.3. The molecule has 5 nitrogen and oxygen atoms in total. The molecule has 0 saturated carbocycles. The lowest BCUT2D eigenvalue weighted by Gasteiger charge is -2.05. The summed E-state index contributed by atoms with van der Waals surface area (Å²) in [6.07, 6.45) is 0. The van der Waals surface area contributed by atoms with E-state index in [2.05, 4.69) is 4.98 Å². The predicted molar refractivity (Wildman–Crippen MR) is 78.8 cm³/mol. The molecular formula is C16H14N2O3. The Bertz CT molecular complexity index is 818. The van der Waals surface area contributed by atoms with Crippen LogP contribution in [0.5, 0.6) is 0 Å². The number of rotatable bonds is 4. The number of benzene rings is 2. The van der Waals surface area contributed by atoms with Gasteiger partial charge in [0.1, 0.15) is 13.2 Å². The molecule has 0 amide bonds. The first-order valence-electron chi connectivity index (χ1n) is 6.61. The molecule has 0 radical (unpaired) electrons. The van der Waals surface area contributed by atoms with Crippen LogP contribution in [0.3, 0.4) is 0 Å². The van der Waals surface area contributed by atoms with Crippen molar-refractivity contribution in [3.05, 3.63) is 70.6 Å². The third kappa shape index (κ3) is 2.86. The van der Waals surface area contributed by atoms with E-state index in [1.54, 1.807) is 12.1 Å². The smallest absolute Gasteiger partial charge is 0.327 e. The van der Waals surface area contributed by atoms with Crippen molar-refractivity contribution in [3.63, 3.8) is 0 Å². The Morgan fingerprint density at radius 2 is 1.76 bits per heavy atom. The van der Waals surface area contributed by atoms with Crippen LogP contribution in [0.1, 0.15) is 5.56 Å². The Hall–Kier alpha value is -2.82. The highest BCUT2D eigenvalue weighted by Gasteiger charge is 2.11. The average Bonchev–Trinajstić information content (AvgIpc) is 2.82. The molecule has 21 heavy (non-hydrogen) atoms. The third-order valence-electron chi connectivity index (χ3n) is 3.21. The summed E-state index contributed by atoms with van der Waals surface area (Å²) in [6, 6.07) is 16.7. The maximum absolute atomic E-state index is 11.9. The predicted octanol–water partition coefficient (Wildman–Crippen LogP) is 2.07. The molecule has 1 aromatic heterocycles. The molecule has 2 aromatic carbocycles. The fraction of sp³-hybridized carbons (Fsp3) is 0.125. The van der Waals surface area contributed by atoms with E-state index in [9.17, 15) is 9.59 Å². The molecule has 1 heterocycles. The highest BCUT2D eigenvalue weighted by Crippen LogP contribution is 2.09. The normalized spacial score (nSPS) is 10.7. The summed E-state index contributed by atoms with van der Waals surface area (Å²) < 4.78 is 6.57. The van der Waals surface area contributed by atoms with Crippen molar-refractivity contribution in [2.24, 2.45) is 0 Å². The summed E-state index contributed by atoms with van der Waals surface area (Å²) in [5, 5.41) is 0. The molecule has 0 fully saturated rings. The van der Waals surface area contributed by atoms with Gasteiger partial charge in [-0.25, -0.2) is 4.79 Å². The first-order chi connectivity index (χ1) is 10.2. The first kappa shape index (κ1) is 13.2. The average molecular weight is 282 g/mol. The highest BCUT2D eigenvalue weighted by molar-refractivity contribution is 5.78. The minimum atomic E-state index is -0.439. The lowest BCUT2D eigenvalue weighted by Crippen LogP contribution is -2.23. The molecule has 0 aliphatic rings. The number of nitrogens with one attached hydrogen (secondary N) is 1. The summed E-state index contributed by atoms with van der Waals surface area (Å²) in [6.45, 7) is 0.104. The molecule has 3 rings (SSSR count). The van der Waals surface area contributed by atoms with E-state index < -0.39 is 5.97 Å². The number of carbonyl (C=O) groups excluding carboxylic acids is 1. The summed E-state index contributed by atoms with van der Waals surface area (Å²) in [5.41, 5.74) is 2.00. The van der Waals surface area contributed by atoms with E-state index in [4.69, 9.17) is 4.74 Å². The van der Waals surface area contributed by atoms with Crippen molar-refractivity contribution in [1.29, 1.82) is 0 Å². The lowest BCUT2D eigenvalue weighted by molar-refractivity contribution is -0.145. The van der Waals surface area contributed by atoms with Crippen molar-refractivity contribution >= 4 is 17.0 Å². The van der Waals surface area contributed by atoms with Crippen molar-refractivity contribution < 1.29 is 9.53 Å². The second-order valence-corrected chi connectivity index (χ2v) is 4.68. The molecule has 5 heteroatoms. The van der Waals surface area contributed by atoms with Crippen molar-refractivity contribution in [2.75, 3.05) is 0 Å². The molecule has 0 unspecified atom stereocenters. The highest BCUT2D eigenvalue weighted by atomic mass is 16.5. The molecule has 0 saturated heterocycles. The van der Waals surface area contributed by atoms with Crippen molar-refractivity contribution in [3.8, 4) is 0 Å². The summed E-state index contributed by atoms with van der Waals surface area (Å²) in [4.78, 5) is 26.4. The summed E-state index contributed by atoms with van der Waals surface area (Å²) in [5.74, 6) is -0.439. The van der Waals surface area contributed by atoms with Gasteiger partial charge >= 0.3 is 11.7 Å². The van der Waals surface area contributed by atoms with Crippen LogP contribution in [-0.2, 0) is 22.7 Å². The van der Waals surface area contributed by atoms with E-state index in [1.165, 1.54) is 4.57 Å². The van der Waals surface area contributed by atoms with Gasteiger partial charge in [-0.2, -0.15) is 0 Å². The number of H-pyrrole nitrogens is 1. The van der Waals surface area contributed by atoms with E-state index in [0.717, 1.165) is 5.56 Å². The van der Waals surface area contributed by atoms with Gasteiger partial charge in [-0.1, -0.05) is 42.5 Å². The van der Waals surface area contributed by atoms with Gasteiger partial charge in [0.2, 0.25) is 0 Å². The molecule has 3 aromatic rings. The van der Waals surface area contributed by atoms with Crippen molar-refractivity contribution in [1.82, 2.24) is 9.55 Å². The van der Waals surface area contributed by atoms with Crippen LogP contribution in [0, 0.1) is 0 Å². The van der Waals surface area contributed by atoms with Crippen LogP contribution in [0.25, 0.3) is 11.0 Å². The molecule has 1 N–H and O–H groups in total. The van der Waals surface area contributed by atoms with E-state index >= 15 is 0 Å². The quantitative estimate of drug-likeness (QED) is 0.745. The van der Waals surface area contributed by atoms with Crippen LogP contribution in [0.2, 0.25) is 0 Å². The Labute approximate surface area is 120 Å². The van der Waals surface area contributed by atoms with Crippen LogP contribution < -0.4 is 5.69 Å². The zero-order valence-corrected chi connectivity index (χ0v) is 11.3. The molecular weight excluding hydrogens is 268 g/mol. The minimum absolute atomic E-state index is 0.102. The number of aromatic nitrogens is 2. The van der Waals surface area contributed by atoms with Gasteiger partial charge in [0.25, 0.3) is 0 Å². The first-order valence-corrected chi connectivity index (χ1v) is 6.61. The lowest BCUT2D eigenvalue weighted by atomic mass is 10.2. The second-order valence-electron chi connectivity index (χ2n) is 4.68. The summed E-state index contributed by atoms with van der Waals surface area (Å²) in [7, 11) is 0. The van der Waals surface area contributed by atoms with Gasteiger partial charge in [0.15, 0.2) is 0 Å². The number of nitrogens with zero attached hydrogens (tertiary/aromatic N) is 1. The Morgan fingerprint density at radius 3 is 2.57 bits per heavy atom. The monoisotopic (exact) mass is 282 g/mol. The Morgan fingerprint density at radius 1 is 1.05 bits per heavy atom. The Kier molecular flexibility index (Phi) is 3.55. The topological polar surface area (TPSA) is 64.1 Å². The maximum Gasteiger partial charge on any atom is 0.327 e. The van der Waals surface area contributed by atoms with Crippen molar-refractivity contribution in [2.45, 2.75) is 13.2 Å². The standard InChI is InChI=1S/C16H14N2O3/c19-15(21-11-12-6-2-1-3-7-12)10-18-14-9-5-4-8-13(14)17-16(18)20/h1-9H,10-11H2,(H,17,20). The van der Waals surface area contributed by atoms with E-state index in [-0.39, 0.29) is 18.8 Å². The number of esters is 1. The maximum atomic E-state index is 11.9. The van der Waals surface area contributed by atoms with Gasteiger partial charge < -0.3 is 9.72 Å². The minimum Gasteiger partial charge on any atom is -0.459 e. The SMILES string of the molecule is O=C(Cn1c(=O)[nH]c2ccccc21)OCc1ccccc1. The van der Waals surface area contributed by atoms with Gasteiger partial charge in [-0.05, 0) is 17.7 Å². The van der Waals surface area contributed by atoms with Gasteiger partial charge in [0.05, 0.1) is 11.0 Å². The van der Waals surface area contributed by atoms with Crippen LogP contribution in [0.15, 0.2) is 59.4 Å². The zero-order chi connectivity index (χ0) is 14.7. The molecule has 0 spiro atoms. The Balaban J connectivity index is 1.72. The van der Waals surface area contributed by atoms with E-state index in [1.807, 2.05) is 42.5 Å². The van der Waals surface area contributed by atoms with Gasteiger partial charge in [0, 0.05) is 0 Å². The fourth-order valence-electron chi connectivity index (χ4n) is 2.18. The number of hydrogen-bond donors (Lipinski definition) is 1. The molecule has 0 aliphatic carbocycles. The summed E-state index contributed by atoms with van der Waals surface area (Å²) >= 11 is 0.